The van der Waals surface area contributed by atoms with Crippen LogP contribution in [-0.2, 0) is 11.3 Å². The predicted octanol–water partition coefficient (Wildman–Crippen LogP) is 3.10. The summed E-state index contributed by atoms with van der Waals surface area (Å²) in [5, 5.41) is 4.14. The van der Waals surface area contributed by atoms with E-state index in [1.807, 2.05) is 12.1 Å². The van der Waals surface area contributed by atoms with Crippen LogP contribution in [-0.4, -0.2) is 37.3 Å². The highest BCUT2D eigenvalue weighted by Gasteiger charge is 2.23. The van der Waals surface area contributed by atoms with Crippen LogP contribution in [0.5, 0.6) is 0 Å². The van der Waals surface area contributed by atoms with E-state index in [4.69, 9.17) is 21.3 Å². The maximum absolute atomic E-state index is 6.28. The molecule has 1 unspecified atom stereocenters. The molecule has 0 amide bonds. The lowest BCUT2D eigenvalue weighted by Crippen LogP contribution is -2.45. The van der Waals surface area contributed by atoms with Gasteiger partial charge in [-0.1, -0.05) is 32.4 Å². The molecule has 0 saturated carbocycles. The molecule has 118 valence electrons. The molecule has 0 bridgehead atoms. The third-order valence-electron chi connectivity index (χ3n) is 3.74. The van der Waals surface area contributed by atoms with Crippen molar-refractivity contribution >= 4 is 17.4 Å². The molecule has 0 aliphatic carbocycles. The Morgan fingerprint density at radius 1 is 1.48 bits per heavy atom. The summed E-state index contributed by atoms with van der Waals surface area (Å²) in [5.41, 5.74) is 0.927. The molecule has 1 saturated heterocycles. The second-order valence-electron chi connectivity index (χ2n) is 5.95. The van der Waals surface area contributed by atoms with E-state index in [1.54, 1.807) is 0 Å². The summed E-state index contributed by atoms with van der Waals surface area (Å²) in [4.78, 5) is 7.11. The zero-order valence-electron chi connectivity index (χ0n) is 13.2. The van der Waals surface area contributed by atoms with Crippen LogP contribution in [0, 0.1) is 5.92 Å². The van der Waals surface area contributed by atoms with E-state index in [0.717, 1.165) is 49.3 Å². The van der Waals surface area contributed by atoms with Crippen molar-refractivity contribution in [1.82, 2.24) is 10.3 Å². The smallest absolute Gasteiger partial charge is 0.129 e. The molecule has 1 aliphatic rings. The van der Waals surface area contributed by atoms with Crippen molar-refractivity contribution in [3.63, 3.8) is 0 Å². The monoisotopic (exact) mass is 311 g/mol. The van der Waals surface area contributed by atoms with Gasteiger partial charge >= 0.3 is 0 Å². The molecule has 1 aromatic rings. The lowest BCUT2D eigenvalue weighted by Gasteiger charge is -2.36. The quantitative estimate of drug-likeness (QED) is 0.876. The SMILES string of the molecule is CCC1COCCN1c1ccc(Cl)c(CNCC(C)C)n1. The third kappa shape index (κ3) is 4.56. The van der Waals surface area contributed by atoms with E-state index in [9.17, 15) is 0 Å². The number of nitrogens with one attached hydrogen (secondary N) is 1. The van der Waals surface area contributed by atoms with Crippen LogP contribution in [0.1, 0.15) is 32.9 Å². The van der Waals surface area contributed by atoms with E-state index in [-0.39, 0.29) is 0 Å². The van der Waals surface area contributed by atoms with E-state index in [2.05, 4.69) is 31.0 Å². The Hall–Kier alpha value is -0.840. The highest BCUT2D eigenvalue weighted by molar-refractivity contribution is 6.31. The van der Waals surface area contributed by atoms with Gasteiger partial charge in [-0.25, -0.2) is 4.98 Å². The number of rotatable bonds is 6. The van der Waals surface area contributed by atoms with Gasteiger partial charge in [-0.2, -0.15) is 0 Å². The van der Waals surface area contributed by atoms with Gasteiger partial charge in [0.25, 0.3) is 0 Å². The first-order valence-electron chi connectivity index (χ1n) is 7.82. The average Bonchev–Trinajstić information content (AvgIpc) is 2.49. The van der Waals surface area contributed by atoms with Crippen LogP contribution in [0.25, 0.3) is 0 Å². The number of halogens is 1. The van der Waals surface area contributed by atoms with Gasteiger partial charge in [0.05, 0.1) is 30.0 Å². The molecule has 21 heavy (non-hydrogen) atoms. The molecule has 0 spiro atoms. The predicted molar refractivity (Wildman–Crippen MR) is 88.0 cm³/mol. The van der Waals surface area contributed by atoms with Gasteiger partial charge in [-0.3, -0.25) is 0 Å². The topological polar surface area (TPSA) is 37.4 Å². The zero-order valence-corrected chi connectivity index (χ0v) is 14.0. The summed E-state index contributed by atoms with van der Waals surface area (Å²) < 4.78 is 5.56. The highest BCUT2D eigenvalue weighted by Crippen LogP contribution is 2.23. The average molecular weight is 312 g/mol. The Bertz CT molecular complexity index is 453. The fourth-order valence-electron chi connectivity index (χ4n) is 2.53. The molecule has 5 heteroatoms. The van der Waals surface area contributed by atoms with Crippen molar-refractivity contribution < 1.29 is 4.74 Å². The maximum atomic E-state index is 6.28. The number of pyridine rings is 1. The minimum absolute atomic E-state index is 0.406. The fraction of sp³-hybridized carbons (Fsp3) is 0.688. The lowest BCUT2D eigenvalue weighted by molar-refractivity contribution is 0.0925. The number of hydrogen-bond acceptors (Lipinski definition) is 4. The Balaban J connectivity index is 2.09. The number of nitrogens with zero attached hydrogens (tertiary/aromatic N) is 2. The van der Waals surface area contributed by atoms with Crippen LogP contribution >= 0.6 is 11.6 Å². The number of aromatic nitrogens is 1. The first-order valence-corrected chi connectivity index (χ1v) is 8.20. The van der Waals surface area contributed by atoms with Crippen molar-refractivity contribution in [2.75, 3.05) is 31.2 Å². The summed E-state index contributed by atoms with van der Waals surface area (Å²) in [6.45, 7) is 10.7. The molecule has 4 nitrogen and oxygen atoms in total. The van der Waals surface area contributed by atoms with Gasteiger partial charge in [0.2, 0.25) is 0 Å². The first kappa shape index (κ1) is 16.5. The Morgan fingerprint density at radius 2 is 2.29 bits per heavy atom. The minimum atomic E-state index is 0.406. The maximum Gasteiger partial charge on any atom is 0.129 e. The number of ether oxygens (including phenoxy) is 1. The minimum Gasteiger partial charge on any atom is -0.377 e. The van der Waals surface area contributed by atoms with Crippen LogP contribution in [0.3, 0.4) is 0 Å². The molecule has 0 radical (unpaired) electrons. The fourth-order valence-corrected chi connectivity index (χ4v) is 2.70. The summed E-state index contributed by atoms with van der Waals surface area (Å²) in [7, 11) is 0. The number of anilines is 1. The lowest BCUT2D eigenvalue weighted by atomic mass is 10.1. The molecule has 1 atom stereocenters. The molecule has 0 aromatic carbocycles. The van der Waals surface area contributed by atoms with Crippen LogP contribution in [0.4, 0.5) is 5.82 Å². The van der Waals surface area contributed by atoms with E-state index in [0.29, 0.717) is 18.5 Å². The normalized spacial score (nSPS) is 19.3. The van der Waals surface area contributed by atoms with Gasteiger partial charge < -0.3 is 15.0 Å². The molecule has 1 N–H and O–H groups in total. The molecule has 2 rings (SSSR count). The summed E-state index contributed by atoms with van der Waals surface area (Å²) in [6.07, 6.45) is 1.06. The Morgan fingerprint density at radius 3 is 3.00 bits per heavy atom. The van der Waals surface area contributed by atoms with Crippen molar-refractivity contribution in [3.8, 4) is 0 Å². The molecule has 2 heterocycles. The standard InChI is InChI=1S/C16H26ClN3O/c1-4-13-11-21-8-7-20(13)16-6-5-14(17)15(19-16)10-18-9-12(2)3/h5-6,12-13,18H,4,7-11H2,1-3H3. The molecule has 1 aliphatic heterocycles. The van der Waals surface area contributed by atoms with E-state index in [1.165, 1.54) is 0 Å². The van der Waals surface area contributed by atoms with Crippen LogP contribution < -0.4 is 10.2 Å². The van der Waals surface area contributed by atoms with Crippen molar-refractivity contribution in [1.29, 1.82) is 0 Å². The van der Waals surface area contributed by atoms with Gasteiger partial charge in [0.15, 0.2) is 0 Å². The molecular formula is C16H26ClN3O. The van der Waals surface area contributed by atoms with Gasteiger partial charge in [0.1, 0.15) is 5.82 Å². The second-order valence-corrected chi connectivity index (χ2v) is 6.36. The number of hydrogen-bond donors (Lipinski definition) is 1. The summed E-state index contributed by atoms with van der Waals surface area (Å²) in [6, 6.07) is 4.38. The first-order chi connectivity index (χ1) is 10.1. The van der Waals surface area contributed by atoms with Gasteiger partial charge in [-0.15, -0.1) is 0 Å². The Labute approximate surface area is 132 Å². The molecular weight excluding hydrogens is 286 g/mol. The van der Waals surface area contributed by atoms with Gasteiger partial charge in [0, 0.05) is 13.1 Å². The van der Waals surface area contributed by atoms with Crippen molar-refractivity contribution in [2.45, 2.75) is 39.8 Å². The molecule has 1 aromatic heterocycles. The molecule has 1 fully saturated rings. The van der Waals surface area contributed by atoms with Gasteiger partial charge in [-0.05, 0) is 31.0 Å². The Kier molecular flexibility index (Phi) is 6.27. The summed E-state index contributed by atoms with van der Waals surface area (Å²) in [5.74, 6) is 1.63. The van der Waals surface area contributed by atoms with Crippen LogP contribution in [0.2, 0.25) is 5.02 Å². The second kappa shape index (κ2) is 7.97. The van der Waals surface area contributed by atoms with Crippen LogP contribution in [0.15, 0.2) is 12.1 Å². The third-order valence-corrected chi connectivity index (χ3v) is 4.09. The van der Waals surface area contributed by atoms with Crippen molar-refractivity contribution in [2.24, 2.45) is 5.92 Å². The van der Waals surface area contributed by atoms with E-state index >= 15 is 0 Å². The highest BCUT2D eigenvalue weighted by atomic mass is 35.5. The number of morpholine rings is 1. The van der Waals surface area contributed by atoms with Crippen molar-refractivity contribution in [3.05, 3.63) is 22.8 Å². The largest absolute Gasteiger partial charge is 0.377 e. The van der Waals surface area contributed by atoms with E-state index < -0.39 is 0 Å². The zero-order chi connectivity index (χ0) is 15.2. The summed E-state index contributed by atoms with van der Waals surface area (Å²) >= 11 is 6.28.